The SMILES string of the molecule is CC(C)CC(=O)OCCn1c(=O)n(CCOC(=O)CC(C)C)c(=O)n(CCOC(=O)CC(C)C)c1=O.CC(S)CC(=O)OC1CCC(OC(=O)CC(C)S)CC1.CC(S)CC(=O)OCC(COC(=O)CC(C)S)(COC(=O)CC(C)S)COC(=O)CC(C)S.CC(S)CC(=O)OCC1CCC(COC(=O)CC(C)S)CC1. The second-order valence-corrected chi connectivity index (χ2v) is 37.0. The Morgan fingerprint density at radius 2 is 0.477 bits per heavy atom. The van der Waals surface area contributed by atoms with Gasteiger partial charge in [-0.3, -0.25) is 52.7 Å². The number of carbonyl (C=O) groups excluding carboxylic acids is 11. The lowest BCUT2D eigenvalue weighted by Gasteiger charge is -2.32. The fraction of sp³-hybridized carbons (Fsp3) is 0.813. The van der Waals surface area contributed by atoms with Crippen LogP contribution in [0, 0.1) is 35.0 Å². The maximum atomic E-state index is 12.9. The van der Waals surface area contributed by atoms with Crippen LogP contribution >= 0.6 is 101 Å². The van der Waals surface area contributed by atoms with Crippen LogP contribution in [-0.2, 0) is 124 Å². The van der Waals surface area contributed by atoms with Gasteiger partial charge >= 0.3 is 82.7 Å². The normalized spacial score (nSPS) is 18.0. The van der Waals surface area contributed by atoms with Gasteiger partial charge < -0.3 is 52.1 Å². The molecule has 0 aliphatic heterocycles. The summed E-state index contributed by atoms with van der Waals surface area (Å²) < 4.78 is 60.4. The van der Waals surface area contributed by atoms with Crippen molar-refractivity contribution in [2.24, 2.45) is 35.0 Å². The number of carbonyl (C=O) groups is 11. The fourth-order valence-corrected chi connectivity index (χ4v) is 11.6. The van der Waals surface area contributed by atoms with Crippen LogP contribution in [-0.4, -0.2) is 193 Å². The maximum Gasteiger partial charge on any atom is 0.336 e. The van der Waals surface area contributed by atoms with E-state index in [2.05, 4.69) is 101 Å². The molecule has 28 nitrogen and oxygen atoms in total. The molecule has 1 heterocycles. The highest BCUT2D eigenvalue weighted by molar-refractivity contribution is 7.82. The monoisotopic (exact) mass is 1730 g/mol. The van der Waals surface area contributed by atoms with Gasteiger partial charge in [-0.2, -0.15) is 101 Å². The highest BCUT2D eigenvalue weighted by atomic mass is 32.1. The number of ether oxygens (including phenoxy) is 11. The molecule has 0 bridgehead atoms. The van der Waals surface area contributed by atoms with Crippen molar-refractivity contribution >= 4 is 167 Å². The molecule has 3 rings (SSSR count). The molecule has 36 heteroatoms. The predicted molar refractivity (Wildman–Crippen MR) is 447 cm³/mol. The summed E-state index contributed by atoms with van der Waals surface area (Å²) in [7, 11) is 0. The Morgan fingerprint density at radius 1 is 0.288 bits per heavy atom. The summed E-state index contributed by atoms with van der Waals surface area (Å²) >= 11 is 33.4. The van der Waals surface area contributed by atoms with Gasteiger partial charge in [-0.15, -0.1) is 0 Å². The zero-order chi connectivity index (χ0) is 84.7. The molecular formula is C75H127N3O25S8. The average molecular weight is 1730 g/mol. The van der Waals surface area contributed by atoms with Crippen molar-refractivity contribution < 1.29 is 105 Å². The Bertz CT molecular complexity index is 2820. The largest absolute Gasteiger partial charge is 0.465 e. The number of hydrogen-bond acceptors (Lipinski definition) is 33. The van der Waals surface area contributed by atoms with E-state index in [-0.39, 0.29) is 207 Å². The molecule has 0 saturated heterocycles. The van der Waals surface area contributed by atoms with Crippen LogP contribution in [0.5, 0.6) is 0 Å². The molecule has 111 heavy (non-hydrogen) atoms. The minimum atomic E-state index is -1.30. The van der Waals surface area contributed by atoms with Crippen molar-refractivity contribution in [1.29, 1.82) is 0 Å². The van der Waals surface area contributed by atoms with Gasteiger partial charge in [-0.05, 0) is 81.0 Å². The summed E-state index contributed by atoms with van der Waals surface area (Å²) in [5, 5.41) is -0.809. The zero-order valence-electron chi connectivity index (χ0n) is 67.2. The molecule has 2 aliphatic carbocycles. The molecule has 1 aromatic heterocycles. The van der Waals surface area contributed by atoms with Crippen LogP contribution in [0.1, 0.15) is 219 Å². The highest BCUT2D eigenvalue weighted by Gasteiger charge is 2.39. The topological polar surface area (TPSA) is 355 Å². The summed E-state index contributed by atoms with van der Waals surface area (Å²) in [6, 6.07) is 0. The smallest absolute Gasteiger partial charge is 0.336 e. The van der Waals surface area contributed by atoms with Gasteiger partial charge in [0.05, 0.1) is 84.2 Å². The molecule has 0 aromatic carbocycles. The summed E-state index contributed by atoms with van der Waals surface area (Å²) in [5.74, 6) is -3.19. The van der Waals surface area contributed by atoms with Crippen molar-refractivity contribution in [3.8, 4) is 0 Å². The standard InChI is InChI=1S/C24H39N3O9.C21H36O8S4.C16H28O4S2.C14H24O4S2/c1-16(2)13-19(28)34-10-7-25-22(31)26(8-11-35-20(29)14-17(3)4)24(33)27(23(25)32)9-12-36-21(30)15-18(5)6;1-13(30)5-17(22)26-9-21(10-27-18(23)6-14(2)31,11-28-19(24)7-15(3)32)12-29-20(25)8-16(4)33;1-11(21)7-15(17)19-9-13-3-5-14(6-4-13)10-20-16(18)8-12(2)22;1-9(19)7-13(15)17-11-3-5-12(6-4-11)18-14(16)8-10(2)20/h16-18H,7-15H2,1-6H3;13-16,30-33H,5-12H2,1-4H3;11-14,21-22H,3-10H2,1-2H3;9-12,19-20H,3-8H2,1-2H3. The van der Waals surface area contributed by atoms with Crippen LogP contribution < -0.4 is 17.1 Å². The van der Waals surface area contributed by atoms with Gasteiger partial charge in [0, 0.05) is 61.3 Å². The van der Waals surface area contributed by atoms with Crippen molar-refractivity contribution in [1.82, 2.24) is 13.7 Å². The minimum absolute atomic E-state index is 0.0167. The van der Waals surface area contributed by atoms with E-state index in [1.54, 1.807) is 27.7 Å². The van der Waals surface area contributed by atoms with Gasteiger partial charge in [0.25, 0.3) is 0 Å². The lowest BCUT2D eigenvalue weighted by molar-refractivity contribution is -0.171. The number of rotatable bonds is 45. The summed E-state index contributed by atoms with van der Waals surface area (Å²) in [4.78, 5) is 169. The Kier molecular flexibility index (Phi) is 56.6. The van der Waals surface area contributed by atoms with E-state index in [1.165, 1.54) is 0 Å². The number of esters is 11. The molecule has 8 atom stereocenters. The van der Waals surface area contributed by atoms with Crippen LogP contribution in [0.3, 0.4) is 0 Å². The molecule has 2 fully saturated rings. The molecule has 0 spiro atoms. The van der Waals surface area contributed by atoms with Gasteiger partial charge in [0.2, 0.25) is 0 Å². The Morgan fingerprint density at radius 3 is 0.676 bits per heavy atom. The van der Waals surface area contributed by atoms with Crippen molar-refractivity contribution in [2.75, 3.05) is 59.5 Å². The number of thiol groups is 8. The first kappa shape index (κ1) is 106. The third-order valence-electron chi connectivity index (χ3n) is 15.8. The Labute approximate surface area is 699 Å². The molecule has 0 N–H and O–H groups in total. The van der Waals surface area contributed by atoms with E-state index in [0.29, 0.717) is 50.7 Å². The fourth-order valence-electron chi connectivity index (χ4n) is 10.4. The zero-order valence-corrected chi connectivity index (χ0v) is 74.4. The third kappa shape index (κ3) is 54.8. The molecule has 8 unspecified atom stereocenters. The average Bonchev–Trinajstić information content (AvgIpc) is 0.785. The quantitative estimate of drug-likeness (QED) is 0.0171. The van der Waals surface area contributed by atoms with Crippen LogP contribution in [0.25, 0.3) is 0 Å². The minimum Gasteiger partial charge on any atom is -0.465 e. The molecule has 640 valence electrons. The van der Waals surface area contributed by atoms with Crippen LogP contribution in [0.4, 0.5) is 0 Å². The van der Waals surface area contributed by atoms with E-state index in [9.17, 15) is 67.1 Å². The first-order chi connectivity index (χ1) is 51.8. The lowest BCUT2D eigenvalue weighted by Crippen LogP contribution is -2.55. The first-order valence-electron chi connectivity index (χ1n) is 38.0. The van der Waals surface area contributed by atoms with Crippen LogP contribution in [0.15, 0.2) is 14.4 Å². The second kappa shape index (κ2) is 59.1. The lowest BCUT2D eigenvalue weighted by atomic mass is 9.83. The molecular weight excluding hydrogens is 1600 g/mol. The van der Waals surface area contributed by atoms with Gasteiger partial charge in [-0.1, -0.05) is 96.9 Å². The highest BCUT2D eigenvalue weighted by Crippen LogP contribution is 2.30. The number of aromatic nitrogens is 3. The number of hydrogen-bond donors (Lipinski definition) is 8. The van der Waals surface area contributed by atoms with Crippen LogP contribution in [0.2, 0.25) is 0 Å². The summed E-state index contributed by atoms with van der Waals surface area (Å²) in [6.45, 7) is 23.8. The van der Waals surface area contributed by atoms with E-state index in [4.69, 9.17) is 52.1 Å². The molecule has 2 aliphatic rings. The van der Waals surface area contributed by atoms with E-state index in [1.807, 2.05) is 69.2 Å². The second-order valence-electron chi connectivity index (χ2n) is 30.0. The van der Waals surface area contributed by atoms with Crippen molar-refractivity contribution in [3.63, 3.8) is 0 Å². The summed E-state index contributed by atoms with van der Waals surface area (Å²) in [5.41, 5.74) is -4.05. The van der Waals surface area contributed by atoms with E-state index < -0.39 is 64.3 Å². The predicted octanol–water partition coefficient (Wildman–Crippen LogP) is 10.0. The maximum absolute atomic E-state index is 12.9. The van der Waals surface area contributed by atoms with Gasteiger partial charge in [0.1, 0.15) is 63.9 Å². The summed E-state index contributed by atoms with van der Waals surface area (Å²) in [6.07, 6.45) is 9.11. The molecule has 0 radical (unpaired) electrons. The van der Waals surface area contributed by atoms with E-state index in [0.717, 1.165) is 65.1 Å². The molecule has 2 saturated carbocycles. The molecule has 0 amide bonds. The molecule has 1 aromatic rings. The Balaban J connectivity index is 0.00000149. The van der Waals surface area contributed by atoms with Crippen molar-refractivity contribution in [3.05, 3.63) is 31.5 Å². The Hall–Kier alpha value is -4.62. The first-order valence-corrected chi connectivity index (χ1v) is 42.1. The van der Waals surface area contributed by atoms with Gasteiger partial charge in [0.15, 0.2) is 0 Å². The van der Waals surface area contributed by atoms with E-state index >= 15 is 0 Å². The van der Waals surface area contributed by atoms with Crippen molar-refractivity contribution in [2.45, 2.75) is 293 Å². The third-order valence-corrected chi connectivity index (χ3v) is 17.3. The van der Waals surface area contributed by atoms with Gasteiger partial charge in [-0.25, -0.2) is 28.1 Å². The number of nitrogens with zero attached hydrogens (tertiary/aromatic N) is 3.